The van der Waals surface area contributed by atoms with Gasteiger partial charge in [0, 0.05) is 29.2 Å². The van der Waals surface area contributed by atoms with E-state index in [2.05, 4.69) is 10.3 Å². The lowest BCUT2D eigenvalue weighted by molar-refractivity contribution is 0.463. The summed E-state index contributed by atoms with van der Waals surface area (Å²) in [5.74, 6) is 0. The molecule has 0 spiro atoms. The number of hydrogen-bond donors (Lipinski definition) is 1. The molecular formula is C11H15N3O2S3. The van der Waals surface area contributed by atoms with Gasteiger partial charge >= 0.3 is 0 Å². The second-order valence-corrected chi connectivity index (χ2v) is 7.78. The van der Waals surface area contributed by atoms with Crippen LogP contribution in [0.25, 0.3) is 0 Å². The lowest BCUT2D eigenvalue weighted by atomic mass is 10.5. The highest BCUT2D eigenvalue weighted by Crippen LogP contribution is 2.23. The Labute approximate surface area is 121 Å². The largest absolute Gasteiger partial charge is 0.315 e. The second kappa shape index (κ2) is 6.10. The van der Waals surface area contributed by atoms with Crippen LogP contribution in [0.15, 0.2) is 27.2 Å². The van der Waals surface area contributed by atoms with Gasteiger partial charge in [0.15, 0.2) is 0 Å². The molecule has 0 aromatic carbocycles. The fourth-order valence-electron chi connectivity index (χ4n) is 1.57. The molecule has 0 amide bonds. The van der Waals surface area contributed by atoms with E-state index in [0.29, 0.717) is 18.0 Å². The molecule has 2 rings (SSSR count). The minimum Gasteiger partial charge on any atom is -0.315 e. The first-order valence-electron chi connectivity index (χ1n) is 5.59. The van der Waals surface area contributed by atoms with Gasteiger partial charge in [0.2, 0.25) is 10.0 Å². The lowest BCUT2D eigenvalue weighted by Gasteiger charge is -2.14. The summed E-state index contributed by atoms with van der Waals surface area (Å²) in [5.41, 5.74) is 2.47. The van der Waals surface area contributed by atoms with Gasteiger partial charge in [-0.15, -0.1) is 22.7 Å². The molecule has 1 N–H and O–H groups in total. The van der Waals surface area contributed by atoms with Crippen LogP contribution in [0.2, 0.25) is 0 Å². The smallest absolute Gasteiger partial charge is 0.244 e. The molecule has 0 saturated heterocycles. The number of nitrogens with zero attached hydrogens (tertiary/aromatic N) is 2. The number of thiophene rings is 1. The maximum Gasteiger partial charge on any atom is 0.244 e. The molecule has 0 aliphatic carbocycles. The van der Waals surface area contributed by atoms with Crippen LogP contribution in [0, 0.1) is 0 Å². The lowest BCUT2D eigenvalue weighted by Crippen LogP contribution is -2.26. The van der Waals surface area contributed by atoms with E-state index in [-0.39, 0.29) is 0 Å². The normalized spacial score (nSPS) is 12.2. The SMILES string of the molecule is CNCc1cc(S(=O)(=O)N(C)Cc2cscn2)cs1. The predicted octanol–water partition coefficient (Wildman–Crippen LogP) is 1.74. The molecule has 19 heavy (non-hydrogen) atoms. The standard InChI is InChI=1S/C11H15N3O2S3/c1-12-4-10-3-11(7-18-10)19(15,16)14(2)5-9-6-17-8-13-9/h3,6-8,12H,4-5H2,1-2H3. The number of nitrogens with one attached hydrogen (secondary N) is 1. The van der Waals surface area contributed by atoms with Crippen molar-refractivity contribution < 1.29 is 8.42 Å². The van der Waals surface area contributed by atoms with Crippen molar-refractivity contribution in [3.63, 3.8) is 0 Å². The second-order valence-electron chi connectivity index (χ2n) is 4.02. The van der Waals surface area contributed by atoms with Crippen LogP contribution in [0.4, 0.5) is 0 Å². The van der Waals surface area contributed by atoms with Crippen LogP contribution >= 0.6 is 22.7 Å². The summed E-state index contributed by atoms with van der Waals surface area (Å²) in [6.45, 7) is 0.971. The molecule has 0 radical (unpaired) electrons. The van der Waals surface area contributed by atoms with Gasteiger partial charge in [0.25, 0.3) is 0 Å². The van der Waals surface area contributed by atoms with Crippen LogP contribution in [0.3, 0.4) is 0 Å². The Kier molecular flexibility index (Phi) is 4.69. The van der Waals surface area contributed by atoms with E-state index in [1.54, 1.807) is 24.0 Å². The molecule has 0 saturated carbocycles. The summed E-state index contributed by atoms with van der Waals surface area (Å²) in [6.07, 6.45) is 0. The third-order valence-corrected chi connectivity index (χ3v) is 6.06. The predicted molar refractivity (Wildman–Crippen MR) is 77.8 cm³/mol. The Morgan fingerprint density at radius 1 is 1.42 bits per heavy atom. The Balaban J connectivity index is 2.16. The molecule has 0 aliphatic heterocycles. The van der Waals surface area contributed by atoms with Crippen molar-refractivity contribution in [3.8, 4) is 0 Å². The van der Waals surface area contributed by atoms with Gasteiger partial charge in [-0.25, -0.2) is 13.4 Å². The van der Waals surface area contributed by atoms with E-state index in [0.717, 1.165) is 10.6 Å². The van der Waals surface area contributed by atoms with Gasteiger partial charge in [0.1, 0.15) is 0 Å². The highest BCUT2D eigenvalue weighted by atomic mass is 32.2. The van der Waals surface area contributed by atoms with E-state index in [1.165, 1.54) is 27.0 Å². The first-order chi connectivity index (χ1) is 9.04. The first-order valence-corrected chi connectivity index (χ1v) is 8.85. The van der Waals surface area contributed by atoms with Crippen LogP contribution in [0.5, 0.6) is 0 Å². The highest BCUT2D eigenvalue weighted by Gasteiger charge is 2.22. The van der Waals surface area contributed by atoms with Crippen molar-refractivity contribution in [2.75, 3.05) is 14.1 Å². The Hall–Kier alpha value is -0.800. The molecule has 0 fully saturated rings. The van der Waals surface area contributed by atoms with Crippen molar-refractivity contribution in [1.82, 2.24) is 14.6 Å². The maximum atomic E-state index is 12.4. The summed E-state index contributed by atoms with van der Waals surface area (Å²) >= 11 is 2.90. The third-order valence-electron chi connectivity index (χ3n) is 2.56. The van der Waals surface area contributed by atoms with E-state index >= 15 is 0 Å². The van der Waals surface area contributed by atoms with Crippen LogP contribution < -0.4 is 5.32 Å². The van der Waals surface area contributed by atoms with Gasteiger partial charge in [-0.2, -0.15) is 4.31 Å². The van der Waals surface area contributed by atoms with Crippen molar-refractivity contribution in [2.45, 2.75) is 18.0 Å². The molecule has 0 aliphatic rings. The summed E-state index contributed by atoms with van der Waals surface area (Å²) < 4.78 is 26.1. The van der Waals surface area contributed by atoms with Crippen molar-refractivity contribution >= 4 is 32.7 Å². The molecular weight excluding hydrogens is 302 g/mol. The molecule has 2 heterocycles. The van der Waals surface area contributed by atoms with Crippen LogP contribution in [-0.4, -0.2) is 31.8 Å². The molecule has 2 aromatic rings. The van der Waals surface area contributed by atoms with Crippen LogP contribution in [0.1, 0.15) is 10.6 Å². The number of thiazole rings is 1. The summed E-state index contributed by atoms with van der Waals surface area (Å²) in [6, 6.07) is 1.72. The molecule has 0 unspecified atom stereocenters. The van der Waals surface area contributed by atoms with Crippen molar-refractivity contribution in [3.05, 3.63) is 32.9 Å². The highest BCUT2D eigenvalue weighted by molar-refractivity contribution is 7.89. The minimum atomic E-state index is -3.43. The molecule has 0 atom stereocenters. The monoisotopic (exact) mass is 317 g/mol. The Morgan fingerprint density at radius 2 is 2.21 bits per heavy atom. The quantitative estimate of drug-likeness (QED) is 0.881. The molecule has 104 valence electrons. The fraction of sp³-hybridized carbons (Fsp3) is 0.364. The Bertz CT molecular complexity index is 619. The summed E-state index contributed by atoms with van der Waals surface area (Å²) in [7, 11) is -0.0229. The van der Waals surface area contributed by atoms with Crippen molar-refractivity contribution in [2.24, 2.45) is 0 Å². The fourth-order valence-corrected chi connectivity index (χ4v) is 4.54. The number of rotatable bonds is 6. The van der Waals surface area contributed by atoms with Gasteiger partial charge in [0.05, 0.1) is 22.6 Å². The number of hydrogen-bond acceptors (Lipinski definition) is 6. The van der Waals surface area contributed by atoms with Crippen LogP contribution in [-0.2, 0) is 23.1 Å². The van der Waals surface area contributed by atoms with E-state index < -0.39 is 10.0 Å². The zero-order valence-electron chi connectivity index (χ0n) is 10.7. The van der Waals surface area contributed by atoms with Gasteiger partial charge in [-0.3, -0.25) is 0 Å². The van der Waals surface area contributed by atoms with Gasteiger partial charge < -0.3 is 5.32 Å². The third kappa shape index (κ3) is 3.40. The molecule has 2 aromatic heterocycles. The minimum absolute atomic E-state index is 0.295. The number of sulfonamides is 1. The molecule has 5 nitrogen and oxygen atoms in total. The zero-order valence-corrected chi connectivity index (χ0v) is 13.1. The maximum absolute atomic E-state index is 12.4. The van der Waals surface area contributed by atoms with Crippen molar-refractivity contribution in [1.29, 1.82) is 0 Å². The zero-order chi connectivity index (χ0) is 13.9. The average Bonchev–Trinajstić information content (AvgIpc) is 3.00. The molecule has 0 bridgehead atoms. The number of aromatic nitrogens is 1. The first kappa shape index (κ1) is 14.6. The summed E-state index contributed by atoms with van der Waals surface area (Å²) in [4.78, 5) is 5.45. The van der Waals surface area contributed by atoms with Gasteiger partial charge in [-0.05, 0) is 13.1 Å². The molecule has 8 heteroatoms. The Morgan fingerprint density at radius 3 is 2.84 bits per heavy atom. The topological polar surface area (TPSA) is 62.3 Å². The van der Waals surface area contributed by atoms with E-state index in [9.17, 15) is 8.42 Å². The van der Waals surface area contributed by atoms with Gasteiger partial charge in [-0.1, -0.05) is 0 Å². The summed E-state index contributed by atoms with van der Waals surface area (Å²) in [5, 5.41) is 6.54. The average molecular weight is 317 g/mol. The van der Waals surface area contributed by atoms with E-state index in [4.69, 9.17) is 0 Å². The van der Waals surface area contributed by atoms with E-state index in [1.807, 2.05) is 12.4 Å².